The third-order valence-corrected chi connectivity index (χ3v) is 4.20. The SMILES string of the molecule is CSCCN1C(=O)NC(=O)C12CCCCC2. The summed E-state index contributed by atoms with van der Waals surface area (Å²) in [6.07, 6.45) is 6.97. The maximum Gasteiger partial charge on any atom is 0.325 e. The van der Waals surface area contributed by atoms with Gasteiger partial charge in [0.15, 0.2) is 0 Å². The summed E-state index contributed by atoms with van der Waals surface area (Å²) >= 11 is 1.71. The topological polar surface area (TPSA) is 49.4 Å². The fourth-order valence-electron chi connectivity index (χ4n) is 2.73. The van der Waals surface area contributed by atoms with Crippen molar-refractivity contribution in [1.29, 1.82) is 0 Å². The van der Waals surface area contributed by atoms with Gasteiger partial charge in [-0.25, -0.2) is 4.79 Å². The van der Waals surface area contributed by atoms with Crippen molar-refractivity contribution >= 4 is 23.7 Å². The Morgan fingerprint density at radius 2 is 2.00 bits per heavy atom. The zero-order chi connectivity index (χ0) is 11.6. The van der Waals surface area contributed by atoms with Crippen molar-refractivity contribution in [2.75, 3.05) is 18.6 Å². The van der Waals surface area contributed by atoms with Crippen LogP contribution in [-0.2, 0) is 4.79 Å². The highest BCUT2D eigenvalue weighted by Crippen LogP contribution is 2.36. The van der Waals surface area contributed by atoms with Gasteiger partial charge in [-0.15, -0.1) is 0 Å². The highest BCUT2D eigenvalue weighted by atomic mass is 32.2. The molecule has 1 aliphatic heterocycles. The third-order valence-electron chi connectivity index (χ3n) is 3.60. The molecule has 1 heterocycles. The molecule has 3 amide bonds. The van der Waals surface area contributed by atoms with Crippen LogP contribution in [0.4, 0.5) is 4.79 Å². The first kappa shape index (κ1) is 11.8. The molecular formula is C11H18N2O2S. The van der Waals surface area contributed by atoms with E-state index in [-0.39, 0.29) is 11.9 Å². The highest BCUT2D eigenvalue weighted by Gasteiger charge is 2.52. The number of hydrogen-bond acceptors (Lipinski definition) is 3. The van der Waals surface area contributed by atoms with Crippen LogP contribution in [0, 0.1) is 0 Å². The third kappa shape index (κ3) is 1.81. The quantitative estimate of drug-likeness (QED) is 0.765. The molecule has 0 aromatic rings. The van der Waals surface area contributed by atoms with Gasteiger partial charge >= 0.3 is 6.03 Å². The molecule has 5 heteroatoms. The Morgan fingerprint density at radius 3 is 2.62 bits per heavy atom. The van der Waals surface area contributed by atoms with Crippen molar-refractivity contribution in [2.24, 2.45) is 0 Å². The first-order valence-corrected chi connectivity index (χ1v) is 7.22. The van der Waals surface area contributed by atoms with E-state index < -0.39 is 5.54 Å². The van der Waals surface area contributed by atoms with Crippen LogP contribution in [0.2, 0.25) is 0 Å². The van der Waals surface area contributed by atoms with E-state index in [1.54, 1.807) is 16.7 Å². The summed E-state index contributed by atoms with van der Waals surface area (Å²) in [6.45, 7) is 0.679. The molecule has 90 valence electrons. The normalized spacial score (nSPS) is 23.9. The first-order valence-electron chi connectivity index (χ1n) is 5.83. The number of hydrogen-bond donors (Lipinski definition) is 1. The molecule has 1 spiro atoms. The minimum Gasteiger partial charge on any atom is -0.309 e. The largest absolute Gasteiger partial charge is 0.325 e. The first-order chi connectivity index (χ1) is 7.70. The number of nitrogens with zero attached hydrogens (tertiary/aromatic N) is 1. The van der Waals surface area contributed by atoms with E-state index in [0.29, 0.717) is 6.54 Å². The van der Waals surface area contributed by atoms with Crippen LogP contribution in [0.15, 0.2) is 0 Å². The molecule has 0 aromatic heterocycles. The Labute approximate surface area is 100 Å². The number of nitrogens with one attached hydrogen (secondary N) is 1. The van der Waals surface area contributed by atoms with E-state index >= 15 is 0 Å². The number of rotatable bonds is 3. The zero-order valence-corrected chi connectivity index (χ0v) is 10.4. The van der Waals surface area contributed by atoms with Crippen molar-refractivity contribution in [2.45, 2.75) is 37.6 Å². The molecule has 0 bridgehead atoms. The van der Waals surface area contributed by atoms with E-state index in [0.717, 1.165) is 31.4 Å². The number of imide groups is 1. The van der Waals surface area contributed by atoms with Crippen molar-refractivity contribution in [3.8, 4) is 0 Å². The molecule has 2 fully saturated rings. The summed E-state index contributed by atoms with van der Waals surface area (Å²) in [5.74, 6) is 0.820. The zero-order valence-electron chi connectivity index (χ0n) is 9.62. The van der Waals surface area contributed by atoms with Gasteiger partial charge in [0.25, 0.3) is 5.91 Å². The van der Waals surface area contributed by atoms with Crippen molar-refractivity contribution < 1.29 is 9.59 Å². The van der Waals surface area contributed by atoms with Gasteiger partial charge in [-0.2, -0.15) is 11.8 Å². The lowest BCUT2D eigenvalue weighted by Crippen LogP contribution is -2.51. The van der Waals surface area contributed by atoms with Crippen LogP contribution in [0.1, 0.15) is 32.1 Å². The second-order valence-corrected chi connectivity index (χ2v) is 5.48. The van der Waals surface area contributed by atoms with Crippen molar-refractivity contribution in [1.82, 2.24) is 10.2 Å². The molecule has 2 rings (SSSR count). The molecule has 4 nitrogen and oxygen atoms in total. The molecule has 1 aliphatic carbocycles. The van der Waals surface area contributed by atoms with Crippen LogP contribution in [-0.4, -0.2) is 40.9 Å². The van der Waals surface area contributed by atoms with Crippen LogP contribution < -0.4 is 5.32 Å². The van der Waals surface area contributed by atoms with Crippen LogP contribution in [0.5, 0.6) is 0 Å². The summed E-state index contributed by atoms with van der Waals surface area (Å²) in [4.78, 5) is 25.5. The fraction of sp³-hybridized carbons (Fsp3) is 0.818. The Bertz CT molecular complexity index is 300. The number of urea groups is 1. The van der Waals surface area contributed by atoms with Gasteiger partial charge in [0, 0.05) is 12.3 Å². The van der Waals surface area contributed by atoms with Crippen molar-refractivity contribution in [3.63, 3.8) is 0 Å². The molecule has 0 aromatic carbocycles. The summed E-state index contributed by atoms with van der Waals surface area (Å²) in [5, 5.41) is 2.48. The summed E-state index contributed by atoms with van der Waals surface area (Å²) in [7, 11) is 0. The van der Waals surface area contributed by atoms with E-state index in [1.165, 1.54) is 6.42 Å². The Kier molecular flexibility index (Phi) is 3.42. The molecule has 16 heavy (non-hydrogen) atoms. The smallest absolute Gasteiger partial charge is 0.309 e. The lowest BCUT2D eigenvalue weighted by Gasteiger charge is -2.38. The molecular weight excluding hydrogens is 224 g/mol. The average molecular weight is 242 g/mol. The van der Waals surface area contributed by atoms with Crippen molar-refractivity contribution in [3.05, 3.63) is 0 Å². The highest BCUT2D eigenvalue weighted by molar-refractivity contribution is 7.98. The maximum absolute atomic E-state index is 12.0. The number of thioether (sulfide) groups is 1. The lowest BCUT2D eigenvalue weighted by atomic mass is 9.80. The van der Waals surface area contributed by atoms with Gasteiger partial charge < -0.3 is 4.90 Å². The van der Waals surface area contributed by atoms with Gasteiger partial charge in [-0.3, -0.25) is 10.1 Å². The molecule has 0 unspecified atom stereocenters. The minimum atomic E-state index is -0.509. The number of amides is 3. The molecule has 0 atom stereocenters. The van der Waals surface area contributed by atoms with E-state index in [9.17, 15) is 9.59 Å². The second kappa shape index (κ2) is 4.65. The summed E-state index contributed by atoms with van der Waals surface area (Å²) in [5.41, 5.74) is -0.509. The van der Waals surface area contributed by atoms with E-state index in [1.807, 2.05) is 6.26 Å². The van der Waals surface area contributed by atoms with Crippen LogP contribution in [0.3, 0.4) is 0 Å². The standard InChI is InChI=1S/C11H18N2O2S/c1-16-8-7-13-10(15)12-9(14)11(13)5-3-2-4-6-11/h2-8H2,1H3,(H,12,14,15). The van der Waals surface area contributed by atoms with E-state index in [4.69, 9.17) is 0 Å². The molecule has 1 saturated carbocycles. The van der Waals surface area contributed by atoms with E-state index in [2.05, 4.69) is 5.32 Å². The predicted molar refractivity (Wildman–Crippen MR) is 64.4 cm³/mol. The Morgan fingerprint density at radius 1 is 1.31 bits per heavy atom. The van der Waals surface area contributed by atoms with Gasteiger partial charge in [0.05, 0.1) is 0 Å². The monoisotopic (exact) mass is 242 g/mol. The molecule has 0 radical (unpaired) electrons. The summed E-state index contributed by atoms with van der Waals surface area (Å²) < 4.78 is 0. The Hall–Kier alpha value is -0.710. The molecule has 1 N–H and O–H groups in total. The van der Waals surface area contributed by atoms with Gasteiger partial charge in [-0.1, -0.05) is 19.3 Å². The maximum atomic E-state index is 12.0. The Balaban J connectivity index is 2.17. The van der Waals surface area contributed by atoms with Gasteiger partial charge in [0.1, 0.15) is 5.54 Å². The van der Waals surface area contributed by atoms with Gasteiger partial charge in [0.2, 0.25) is 0 Å². The summed E-state index contributed by atoms with van der Waals surface area (Å²) in [6, 6.07) is -0.194. The van der Waals surface area contributed by atoms with Gasteiger partial charge in [-0.05, 0) is 19.1 Å². The fourth-order valence-corrected chi connectivity index (χ4v) is 3.09. The predicted octanol–water partition coefficient (Wildman–Crippen LogP) is 1.60. The molecule has 1 saturated heterocycles. The lowest BCUT2D eigenvalue weighted by molar-refractivity contribution is -0.128. The number of carbonyl (C=O) groups excluding carboxylic acids is 2. The number of carbonyl (C=O) groups is 2. The molecule has 2 aliphatic rings. The van der Waals surface area contributed by atoms with Crippen LogP contribution in [0.25, 0.3) is 0 Å². The van der Waals surface area contributed by atoms with Crippen LogP contribution >= 0.6 is 11.8 Å². The second-order valence-electron chi connectivity index (χ2n) is 4.50. The minimum absolute atomic E-state index is 0.0710. The average Bonchev–Trinajstić information content (AvgIpc) is 2.50.